The van der Waals surface area contributed by atoms with Crippen LogP contribution in [0, 0.1) is 5.82 Å². The van der Waals surface area contributed by atoms with Crippen LogP contribution in [0.25, 0.3) is 11.1 Å². The minimum atomic E-state index is -0.301. The third kappa shape index (κ3) is 3.95. The number of ether oxygens (including phenoxy) is 1. The van der Waals surface area contributed by atoms with Gasteiger partial charge in [0.2, 0.25) is 0 Å². The van der Waals surface area contributed by atoms with Gasteiger partial charge in [-0.15, -0.1) is 0 Å². The largest absolute Gasteiger partial charge is 0.489 e. The molecule has 0 saturated heterocycles. The predicted octanol–water partition coefficient (Wildman–Crippen LogP) is 5.03. The fraction of sp³-hybridized carbons (Fsp3) is 0.150. The molecule has 0 aliphatic carbocycles. The minimum absolute atomic E-state index is 0.301. The maximum absolute atomic E-state index is 13.1. The van der Waals surface area contributed by atoms with Gasteiger partial charge in [0.25, 0.3) is 0 Å². The zero-order valence-corrected chi connectivity index (χ0v) is 13.0. The van der Waals surface area contributed by atoms with Crippen molar-refractivity contribution < 1.29 is 9.13 Å². The molecule has 0 saturated carbocycles. The van der Waals surface area contributed by atoms with Crippen LogP contribution in [0.3, 0.4) is 0 Å². The summed E-state index contributed by atoms with van der Waals surface area (Å²) >= 11 is 0. The summed E-state index contributed by atoms with van der Waals surface area (Å²) in [6.45, 7) is 2.50. The van der Waals surface area contributed by atoms with E-state index >= 15 is 0 Å². The molecule has 0 N–H and O–H groups in total. The first kappa shape index (κ1) is 15.2. The fourth-order valence-corrected chi connectivity index (χ4v) is 2.38. The van der Waals surface area contributed by atoms with Gasteiger partial charge in [0.15, 0.2) is 0 Å². The highest BCUT2D eigenvalue weighted by atomic mass is 19.1. The van der Waals surface area contributed by atoms with Gasteiger partial charge in [-0.1, -0.05) is 37.3 Å². The number of aryl methyl sites for hydroxylation is 1. The highest BCUT2D eigenvalue weighted by molar-refractivity contribution is 5.63. The van der Waals surface area contributed by atoms with E-state index in [1.54, 1.807) is 18.3 Å². The van der Waals surface area contributed by atoms with Gasteiger partial charge in [-0.05, 0) is 35.7 Å². The summed E-state index contributed by atoms with van der Waals surface area (Å²) in [6, 6.07) is 16.7. The molecule has 0 aliphatic heterocycles. The van der Waals surface area contributed by atoms with E-state index < -0.39 is 0 Å². The SMILES string of the molecule is CCc1ccc(-c2cncc(COc3cccc(F)c3)c2)cc1. The molecule has 23 heavy (non-hydrogen) atoms. The van der Waals surface area contributed by atoms with Crippen LogP contribution in [-0.2, 0) is 13.0 Å². The summed E-state index contributed by atoms with van der Waals surface area (Å²) in [5.74, 6) is 0.216. The van der Waals surface area contributed by atoms with E-state index in [1.807, 2.05) is 12.3 Å². The Labute approximate surface area is 135 Å². The average molecular weight is 307 g/mol. The van der Waals surface area contributed by atoms with Crippen molar-refractivity contribution in [2.24, 2.45) is 0 Å². The van der Waals surface area contributed by atoms with E-state index in [4.69, 9.17) is 4.74 Å². The lowest BCUT2D eigenvalue weighted by Crippen LogP contribution is -1.97. The molecule has 2 nitrogen and oxygen atoms in total. The second-order valence-corrected chi connectivity index (χ2v) is 5.38. The number of hydrogen-bond acceptors (Lipinski definition) is 2. The van der Waals surface area contributed by atoms with Crippen molar-refractivity contribution in [3.05, 3.63) is 83.9 Å². The molecular weight excluding hydrogens is 289 g/mol. The maximum Gasteiger partial charge on any atom is 0.126 e. The van der Waals surface area contributed by atoms with Gasteiger partial charge in [0, 0.05) is 29.6 Å². The molecule has 1 heterocycles. The first-order chi connectivity index (χ1) is 11.2. The van der Waals surface area contributed by atoms with Crippen molar-refractivity contribution in [2.45, 2.75) is 20.0 Å². The van der Waals surface area contributed by atoms with Crippen LogP contribution in [0.1, 0.15) is 18.1 Å². The van der Waals surface area contributed by atoms with Gasteiger partial charge >= 0.3 is 0 Å². The molecule has 116 valence electrons. The number of aromatic nitrogens is 1. The lowest BCUT2D eigenvalue weighted by molar-refractivity contribution is 0.304. The molecule has 2 aromatic carbocycles. The Bertz CT molecular complexity index is 784. The first-order valence-corrected chi connectivity index (χ1v) is 7.66. The molecule has 0 radical (unpaired) electrons. The van der Waals surface area contributed by atoms with Crippen molar-refractivity contribution in [3.63, 3.8) is 0 Å². The van der Waals surface area contributed by atoms with Gasteiger partial charge in [-0.2, -0.15) is 0 Å². The third-order valence-electron chi connectivity index (χ3n) is 3.69. The summed E-state index contributed by atoms with van der Waals surface area (Å²) in [4.78, 5) is 4.28. The monoisotopic (exact) mass is 307 g/mol. The Morgan fingerprint density at radius 2 is 1.74 bits per heavy atom. The highest BCUT2D eigenvalue weighted by Gasteiger charge is 2.02. The molecular formula is C20H18FNO. The Hall–Kier alpha value is -2.68. The predicted molar refractivity (Wildman–Crippen MR) is 89.8 cm³/mol. The third-order valence-corrected chi connectivity index (χ3v) is 3.69. The summed E-state index contributed by atoms with van der Waals surface area (Å²) in [5.41, 5.74) is 4.44. The molecule has 1 aromatic heterocycles. The number of rotatable bonds is 5. The second-order valence-electron chi connectivity index (χ2n) is 5.38. The van der Waals surface area contributed by atoms with Crippen molar-refractivity contribution in [3.8, 4) is 16.9 Å². The zero-order valence-electron chi connectivity index (χ0n) is 13.0. The van der Waals surface area contributed by atoms with Gasteiger partial charge in [-0.3, -0.25) is 4.98 Å². The van der Waals surface area contributed by atoms with Crippen LogP contribution in [0.4, 0.5) is 4.39 Å². The molecule has 3 rings (SSSR count). The molecule has 0 atom stereocenters. The van der Waals surface area contributed by atoms with E-state index in [0.717, 1.165) is 23.1 Å². The highest BCUT2D eigenvalue weighted by Crippen LogP contribution is 2.21. The summed E-state index contributed by atoms with van der Waals surface area (Å²) in [5, 5.41) is 0. The van der Waals surface area contributed by atoms with Crippen LogP contribution in [-0.4, -0.2) is 4.98 Å². The van der Waals surface area contributed by atoms with Crippen LogP contribution in [0.5, 0.6) is 5.75 Å². The maximum atomic E-state index is 13.1. The quantitative estimate of drug-likeness (QED) is 0.659. The van der Waals surface area contributed by atoms with Crippen LogP contribution < -0.4 is 4.74 Å². The smallest absolute Gasteiger partial charge is 0.126 e. The second kappa shape index (κ2) is 7.05. The summed E-state index contributed by atoms with van der Waals surface area (Å²) < 4.78 is 18.8. The average Bonchev–Trinajstić information content (AvgIpc) is 2.60. The van der Waals surface area contributed by atoms with Crippen LogP contribution in [0.15, 0.2) is 67.0 Å². The molecule has 0 fully saturated rings. The molecule has 3 heteroatoms. The normalized spacial score (nSPS) is 10.5. The standard InChI is InChI=1S/C20H18FNO/c1-2-15-6-8-17(9-7-15)18-10-16(12-22-13-18)14-23-20-5-3-4-19(21)11-20/h3-13H,2,14H2,1H3. The number of nitrogens with zero attached hydrogens (tertiary/aromatic N) is 1. The number of hydrogen-bond donors (Lipinski definition) is 0. The van der Waals surface area contributed by atoms with Crippen LogP contribution in [0.2, 0.25) is 0 Å². The zero-order chi connectivity index (χ0) is 16.1. The number of pyridine rings is 1. The van der Waals surface area contributed by atoms with Crippen LogP contribution >= 0.6 is 0 Å². The van der Waals surface area contributed by atoms with E-state index in [1.165, 1.54) is 17.7 Å². The van der Waals surface area contributed by atoms with Crippen molar-refractivity contribution in [1.82, 2.24) is 4.98 Å². The molecule has 0 amide bonds. The first-order valence-electron chi connectivity index (χ1n) is 7.66. The van der Waals surface area contributed by atoms with E-state index in [9.17, 15) is 4.39 Å². The van der Waals surface area contributed by atoms with Crippen molar-refractivity contribution >= 4 is 0 Å². The lowest BCUT2D eigenvalue weighted by Gasteiger charge is -2.08. The fourth-order valence-electron chi connectivity index (χ4n) is 2.38. The molecule has 3 aromatic rings. The van der Waals surface area contributed by atoms with Crippen molar-refractivity contribution in [1.29, 1.82) is 0 Å². The minimum Gasteiger partial charge on any atom is -0.489 e. The Morgan fingerprint density at radius 3 is 2.48 bits per heavy atom. The van der Waals surface area contributed by atoms with Gasteiger partial charge < -0.3 is 4.74 Å². The van der Waals surface area contributed by atoms with Gasteiger partial charge in [0.1, 0.15) is 18.2 Å². The van der Waals surface area contributed by atoms with E-state index in [2.05, 4.69) is 36.2 Å². The number of benzene rings is 2. The molecule has 0 spiro atoms. The summed E-state index contributed by atoms with van der Waals surface area (Å²) in [7, 11) is 0. The molecule has 0 bridgehead atoms. The van der Waals surface area contributed by atoms with E-state index in [-0.39, 0.29) is 5.82 Å². The van der Waals surface area contributed by atoms with Gasteiger partial charge in [0.05, 0.1) is 0 Å². The van der Waals surface area contributed by atoms with Crippen molar-refractivity contribution in [2.75, 3.05) is 0 Å². The Kier molecular flexibility index (Phi) is 4.67. The Morgan fingerprint density at radius 1 is 0.913 bits per heavy atom. The molecule has 0 aliphatic rings. The Balaban J connectivity index is 1.74. The molecule has 0 unspecified atom stereocenters. The van der Waals surface area contributed by atoms with E-state index in [0.29, 0.717) is 12.4 Å². The number of halogens is 1. The lowest BCUT2D eigenvalue weighted by atomic mass is 10.0. The summed E-state index contributed by atoms with van der Waals surface area (Å²) in [6.07, 6.45) is 4.63. The van der Waals surface area contributed by atoms with Gasteiger partial charge in [-0.25, -0.2) is 4.39 Å². The topological polar surface area (TPSA) is 22.1 Å².